The summed E-state index contributed by atoms with van der Waals surface area (Å²) in [5, 5.41) is 0.616. The second kappa shape index (κ2) is 4.37. The van der Waals surface area contributed by atoms with E-state index in [0.717, 1.165) is 11.6 Å². The Labute approximate surface area is 114 Å². The Morgan fingerprint density at radius 1 is 1.11 bits per heavy atom. The summed E-state index contributed by atoms with van der Waals surface area (Å²) in [6.45, 7) is 5.78. The molecule has 102 valence electrons. The van der Waals surface area contributed by atoms with Crippen LogP contribution in [0.2, 0.25) is 5.02 Å². The Morgan fingerprint density at radius 3 is 2.26 bits per heavy atom. The van der Waals surface area contributed by atoms with E-state index in [0.29, 0.717) is 10.9 Å². The summed E-state index contributed by atoms with van der Waals surface area (Å²) in [5.41, 5.74) is -0.199. The number of hydrogen-bond donors (Lipinski definition) is 0. The molecule has 0 amide bonds. The highest BCUT2D eigenvalue weighted by Crippen LogP contribution is 2.36. The van der Waals surface area contributed by atoms with E-state index in [-0.39, 0.29) is 10.4 Å². The number of pyridine rings is 1. The third-order valence-corrected chi connectivity index (χ3v) is 3.20. The van der Waals surface area contributed by atoms with Crippen molar-refractivity contribution in [3.8, 4) is 0 Å². The maximum Gasteiger partial charge on any atom is 0.433 e. The fraction of sp³-hybridized carbons (Fsp3) is 0.357. The van der Waals surface area contributed by atoms with Gasteiger partial charge in [0.05, 0.1) is 10.5 Å². The van der Waals surface area contributed by atoms with Crippen LogP contribution < -0.4 is 0 Å². The number of benzene rings is 1. The van der Waals surface area contributed by atoms with Crippen LogP contribution in [0.4, 0.5) is 13.2 Å². The first-order valence-electron chi connectivity index (χ1n) is 5.77. The van der Waals surface area contributed by atoms with Gasteiger partial charge in [0.25, 0.3) is 0 Å². The number of halogens is 4. The third-order valence-electron chi connectivity index (χ3n) is 2.89. The molecule has 0 N–H and O–H groups in total. The first kappa shape index (κ1) is 14.1. The lowest BCUT2D eigenvalue weighted by molar-refractivity contribution is -0.140. The zero-order valence-corrected chi connectivity index (χ0v) is 11.5. The molecule has 0 saturated heterocycles. The smallest absolute Gasteiger partial charge is 0.243 e. The molecular weight excluding hydrogens is 275 g/mol. The van der Waals surface area contributed by atoms with E-state index in [9.17, 15) is 13.2 Å². The molecule has 1 aromatic heterocycles. The normalized spacial score (nSPS) is 13.0. The van der Waals surface area contributed by atoms with Gasteiger partial charge >= 0.3 is 6.18 Å². The first-order chi connectivity index (χ1) is 8.60. The molecule has 0 fully saturated rings. The van der Waals surface area contributed by atoms with Crippen molar-refractivity contribution in [2.24, 2.45) is 0 Å². The number of hydrogen-bond acceptors (Lipinski definition) is 1. The van der Waals surface area contributed by atoms with Gasteiger partial charge in [-0.3, -0.25) is 0 Å². The molecule has 2 rings (SSSR count). The lowest BCUT2D eigenvalue weighted by atomic mass is 9.85. The minimum Gasteiger partial charge on any atom is -0.243 e. The molecular formula is C14H13ClF3N. The number of nitrogens with zero attached hydrogens (tertiary/aromatic N) is 1. The molecule has 1 aromatic carbocycles. The van der Waals surface area contributed by atoms with Crippen molar-refractivity contribution >= 4 is 22.5 Å². The second-order valence-corrected chi connectivity index (χ2v) is 5.85. The van der Waals surface area contributed by atoms with Crippen LogP contribution in [0.25, 0.3) is 10.9 Å². The topological polar surface area (TPSA) is 12.9 Å². The highest BCUT2D eigenvalue weighted by Gasteiger charge is 2.34. The van der Waals surface area contributed by atoms with Crippen LogP contribution in [-0.2, 0) is 11.6 Å². The van der Waals surface area contributed by atoms with E-state index in [1.807, 2.05) is 20.8 Å². The van der Waals surface area contributed by atoms with Crippen molar-refractivity contribution in [3.05, 3.63) is 40.5 Å². The fourth-order valence-corrected chi connectivity index (χ4v) is 2.21. The lowest BCUT2D eigenvalue weighted by Gasteiger charge is -2.21. The molecule has 0 unspecified atom stereocenters. The van der Waals surface area contributed by atoms with Crippen molar-refractivity contribution in [1.29, 1.82) is 0 Å². The van der Waals surface area contributed by atoms with Crippen LogP contribution in [0.15, 0.2) is 24.3 Å². The number of rotatable bonds is 0. The largest absolute Gasteiger partial charge is 0.433 e. The summed E-state index contributed by atoms with van der Waals surface area (Å²) in [6, 6.07) is 6.12. The number of aromatic nitrogens is 1. The van der Waals surface area contributed by atoms with Gasteiger partial charge in [-0.2, -0.15) is 13.2 Å². The van der Waals surface area contributed by atoms with Crippen molar-refractivity contribution in [2.45, 2.75) is 32.4 Å². The van der Waals surface area contributed by atoms with E-state index in [2.05, 4.69) is 4.98 Å². The molecule has 1 heterocycles. The van der Waals surface area contributed by atoms with E-state index < -0.39 is 11.9 Å². The van der Waals surface area contributed by atoms with Crippen LogP contribution >= 0.6 is 11.6 Å². The van der Waals surface area contributed by atoms with Gasteiger partial charge in [-0.15, -0.1) is 0 Å². The van der Waals surface area contributed by atoms with Gasteiger partial charge in [0.2, 0.25) is 0 Å². The second-order valence-electron chi connectivity index (χ2n) is 5.44. The highest BCUT2D eigenvalue weighted by atomic mass is 35.5. The molecule has 2 aromatic rings. The number of fused-ring (bicyclic) bond motifs is 1. The van der Waals surface area contributed by atoms with Gasteiger partial charge in [0.15, 0.2) is 0 Å². The predicted octanol–water partition coefficient (Wildman–Crippen LogP) is 5.20. The van der Waals surface area contributed by atoms with Crippen LogP contribution in [0.5, 0.6) is 0 Å². The Kier molecular flexibility index (Phi) is 3.25. The maximum absolute atomic E-state index is 12.8. The summed E-state index contributed by atoms with van der Waals surface area (Å²) in [7, 11) is 0. The van der Waals surface area contributed by atoms with Crippen LogP contribution in [0, 0.1) is 0 Å². The Bertz CT molecular complexity index is 627. The summed E-state index contributed by atoms with van der Waals surface area (Å²) in [4.78, 5) is 3.76. The standard InChI is InChI=1S/C14H13ClF3N/c1-13(2,3)9-6-4-5-8-10(15)7-11(14(16,17)18)19-12(8)9/h4-7H,1-3H3. The first-order valence-corrected chi connectivity index (χ1v) is 6.15. The van der Waals surface area contributed by atoms with Crippen LogP contribution in [0.1, 0.15) is 32.0 Å². The summed E-state index contributed by atoms with van der Waals surface area (Å²) >= 11 is 5.95. The van der Waals surface area contributed by atoms with E-state index >= 15 is 0 Å². The Balaban J connectivity index is 2.84. The monoisotopic (exact) mass is 287 g/mol. The third kappa shape index (κ3) is 2.68. The van der Waals surface area contributed by atoms with Crippen LogP contribution in [0.3, 0.4) is 0 Å². The number of alkyl halides is 3. The van der Waals surface area contributed by atoms with Crippen LogP contribution in [-0.4, -0.2) is 4.98 Å². The van der Waals surface area contributed by atoms with E-state index in [1.54, 1.807) is 18.2 Å². The quantitative estimate of drug-likeness (QED) is 0.648. The minimum atomic E-state index is -4.50. The average Bonchev–Trinajstić information content (AvgIpc) is 2.25. The average molecular weight is 288 g/mol. The Morgan fingerprint density at radius 2 is 1.74 bits per heavy atom. The summed E-state index contributed by atoms with van der Waals surface area (Å²) in [6.07, 6.45) is -4.50. The fourth-order valence-electron chi connectivity index (χ4n) is 1.96. The van der Waals surface area contributed by atoms with E-state index in [4.69, 9.17) is 11.6 Å². The summed E-state index contributed by atoms with van der Waals surface area (Å²) < 4.78 is 38.4. The van der Waals surface area contributed by atoms with Gasteiger partial charge in [0, 0.05) is 5.39 Å². The molecule has 1 nitrogen and oxygen atoms in total. The SMILES string of the molecule is CC(C)(C)c1cccc2c(Cl)cc(C(F)(F)F)nc12. The molecule has 0 saturated carbocycles. The van der Waals surface area contributed by atoms with Crippen molar-refractivity contribution in [1.82, 2.24) is 4.98 Å². The summed E-state index contributed by atoms with van der Waals surface area (Å²) in [5.74, 6) is 0. The molecule has 0 aliphatic carbocycles. The van der Waals surface area contributed by atoms with Gasteiger partial charge in [-0.05, 0) is 17.0 Å². The predicted molar refractivity (Wildman–Crippen MR) is 70.5 cm³/mol. The zero-order chi connectivity index (χ0) is 14.4. The van der Waals surface area contributed by atoms with E-state index in [1.165, 1.54) is 0 Å². The molecule has 0 radical (unpaired) electrons. The van der Waals surface area contributed by atoms with Gasteiger partial charge in [-0.25, -0.2) is 4.98 Å². The van der Waals surface area contributed by atoms with Crippen molar-refractivity contribution in [3.63, 3.8) is 0 Å². The van der Waals surface area contributed by atoms with Gasteiger partial charge < -0.3 is 0 Å². The molecule has 0 bridgehead atoms. The van der Waals surface area contributed by atoms with Crippen molar-refractivity contribution in [2.75, 3.05) is 0 Å². The van der Waals surface area contributed by atoms with Gasteiger partial charge in [0.1, 0.15) is 5.69 Å². The van der Waals surface area contributed by atoms with Crippen molar-refractivity contribution < 1.29 is 13.2 Å². The molecule has 0 aliphatic heterocycles. The molecule has 0 spiro atoms. The number of para-hydroxylation sites is 1. The molecule has 0 aliphatic rings. The Hall–Kier alpha value is -1.29. The lowest BCUT2D eigenvalue weighted by Crippen LogP contribution is -2.14. The molecule has 19 heavy (non-hydrogen) atoms. The van der Waals surface area contributed by atoms with Gasteiger partial charge in [-0.1, -0.05) is 50.6 Å². The highest BCUT2D eigenvalue weighted by molar-refractivity contribution is 6.35. The molecule has 5 heteroatoms. The maximum atomic E-state index is 12.8. The molecule has 0 atom stereocenters. The minimum absolute atomic E-state index is 0.0726. The zero-order valence-electron chi connectivity index (χ0n) is 10.8.